The number of hydrogen-bond donors (Lipinski definition) is 1. The molecule has 0 saturated carbocycles. The highest BCUT2D eigenvalue weighted by Crippen LogP contribution is 2.27. The van der Waals surface area contributed by atoms with Crippen molar-refractivity contribution < 1.29 is 14.3 Å². The molecule has 0 heterocycles. The summed E-state index contributed by atoms with van der Waals surface area (Å²) in [6, 6.07) is 12.4. The number of methoxy groups -OCH3 is 1. The maximum atomic E-state index is 12.1. The first-order chi connectivity index (χ1) is 11.4. The van der Waals surface area contributed by atoms with Gasteiger partial charge in [-0.05, 0) is 35.9 Å². The molecule has 0 unspecified atom stereocenters. The zero-order valence-electron chi connectivity index (χ0n) is 13.8. The van der Waals surface area contributed by atoms with Crippen LogP contribution in [-0.2, 0) is 16.0 Å². The first-order valence-electron chi connectivity index (χ1n) is 7.37. The summed E-state index contributed by atoms with van der Waals surface area (Å²) in [7, 11) is 3.24. The first kappa shape index (κ1) is 17.8. The van der Waals surface area contributed by atoms with E-state index in [1.165, 1.54) is 14.0 Å². The van der Waals surface area contributed by atoms with E-state index in [1.807, 2.05) is 24.3 Å². The summed E-state index contributed by atoms with van der Waals surface area (Å²) in [5.74, 6) is 0.362. The second-order valence-electron chi connectivity index (χ2n) is 5.32. The van der Waals surface area contributed by atoms with Crippen molar-refractivity contribution in [3.8, 4) is 5.75 Å². The van der Waals surface area contributed by atoms with Crippen molar-refractivity contribution in [1.82, 2.24) is 0 Å². The van der Waals surface area contributed by atoms with Crippen molar-refractivity contribution in [2.45, 2.75) is 13.3 Å². The minimum Gasteiger partial charge on any atom is -0.495 e. The molecule has 2 aromatic rings. The Hall–Kier alpha value is -2.53. The molecular weight excluding hydrogens is 328 g/mol. The highest BCUT2D eigenvalue weighted by Gasteiger charge is 2.09. The molecular formula is C18H19ClN2O3. The lowest BCUT2D eigenvalue weighted by molar-refractivity contribution is -0.116. The van der Waals surface area contributed by atoms with Gasteiger partial charge < -0.3 is 15.0 Å². The van der Waals surface area contributed by atoms with E-state index >= 15 is 0 Å². The van der Waals surface area contributed by atoms with Gasteiger partial charge in [0.05, 0.1) is 18.6 Å². The summed E-state index contributed by atoms with van der Waals surface area (Å²) in [5, 5.41) is 3.23. The molecule has 2 rings (SSSR count). The molecule has 0 radical (unpaired) electrons. The van der Waals surface area contributed by atoms with E-state index in [0.717, 1.165) is 11.3 Å². The maximum Gasteiger partial charge on any atom is 0.228 e. The number of hydrogen-bond acceptors (Lipinski definition) is 3. The second-order valence-corrected chi connectivity index (χ2v) is 5.73. The average Bonchev–Trinajstić information content (AvgIpc) is 2.55. The van der Waals surface area contributed by atoms with Gasteiger partial charge in [-0.2, -0.15) is 0 Å². The molecule has 2 aromatic carbocycles. The Bertz CT molecular complexity index is 744. The fraction of sp³-hybridized carbons (Fsp3) is 0.222. The molecule has 0 aliphatic heterocycles. The quantitative estimate of drug-likeness (QED) is 0.901. The summed E-state index contributed by atoms with van der Waals surface area (Å²) in [6.07, 6.45) is 0.230. The van der Waals surface area contributed by atoms with Gasteiger partial charge in [-0.3, -0.25) is 9.59 Å². The number of carbonyl (C=O) groups excluding carboxylic acids is 2. The standard InChI is InChI=1S/C18H19ClN2O3/c1-12(22)21(2)15-7-4-13(5-8-15)10-18(23)20-14-6-9-17(24-3)16(19)11-14/h4-9,11H,10H2,1-3H3,(H,20,23). The van der Waals surface area contributed by atoms with Gasteiger partial charge >= 0.3 is 0 Å². The van der Waals surface area contributed by atoms with Gasteiger partial charge in [-0.1, -0.05) is 23.7 Å². The predicted molar refractivity (Wildman–Crippen MR) is 95.9 cm³/mol. The van der Waals surface area contributed by atoms with Crippen molar-refractivity contribution in [3.63, 3.8) is 0 Å². The Labute approximate surface area is 146 Å². The molecule has 0 fully saturated rings. The fourth-order valence-corrected chi connectivity index (χ4v) is 2.41. The van der Waals surface area contributed by atoms with E-state index in [2.05, 4.69) is 5.32 Å². The van der Waals surface area contributed by atoms with E-state index in [0.29, 0.717) is 16.5 Å². The second kappa shape index (κ2) is 7.84. The van der Waals surface area contributed by atoms with E-state index < -0.39 is 0 Å². The summed E-state index contributed by atoms with van der Waals surface area (Å²) < 4.78 is 5.08. The van der Waals surface area contributed by atoms with Gasteiger partial charge in [0.25, 0.3) is 0 Å². The molecule has 24 heavy (non-hydrogen) atoms. The number of anilines is 2. The van der Waals surface area contributed by atoms with Crippen molar-refractivity contribution in [1.29, 1.82) is 0 Å². The molecule has 2 amide bonds. The summed E-state index contributed by atoms with van der Waals surface area (Å²) in [6.45, 7) is 1.50. The van der Waals surface area contributed by atoms with Crippen LogP contribution in [0.2, 0.25) is 5.02 Å². The van der Waals surface area contributed by atoms with Gasteiger partial charge in [0.2, 0.25) is 11.8 Å². The summed E-state index contributed by atoms with van der Waals surface area (Å²) in [5.41, 5.74) is 2.25. The fourth-order valence-electron chi connectivity index (χ4n) is 2.15. The van der Waals surface area contributed by atoms with Crippen molar-refractivity contribution >= 4 is 34.8 Å². The maximum absolute atomic E-state index is 12.1. The number of rotatable bonds is 5. The topological polar surface area (TPSA) is 58.6 Å². The van der Waals surface area contributed by atoms with E-state index in [9.17, 15) is 9.59 Å². The number of amides is 2. The lowest BCUT2D eigenvalue weighted by Crippen LogP contribution is -2.22. The number of nitrogens with zero attached hydrogens (tertiary/aromatic N) is 1. The molecule has 0 atom stereocenters. The van der Waals surface area contributed by atoms with Crippen LogP contribution in [0.5, 0.6) is 5.75 Å². The normalized spacial score (nSPS) is 10.2. The van der Waals surface area contributed by atoms with Crippen molar-refractivity contribution in [2.75, 3.05) is 24.4 Å². The van der Waals surface area contributed by atoms with Crippen LogP contribution in [0.25, 0.3) is 0 Å². The largest absolute Gasteiger partial charge is 0.495 e. The Morgan fingerprint density at radius 3 is 2.38 bits per heavy atom. The zero-order valence-corrected chi connectivity index (χ0v) is 14.6. The van der Waals surface area contributed by atoms with E-state index in [-0.39, 0.29) is 18.2 Å². The van der Waals surface area contributed by atoms with E-state index in [4.69, 9.17) is 16.3 Å². The summed E-state index contributed by atoms with van der Waals surface area (Å²) in [4.78, 5) is 25.0. The molecule has 6 heteroatoms. The molecule has 0 bridgehead atoms. The molecule has 126 valence electrons. The monoisotopic (exact) mass is 346 g/mol. The summed E-state index contributed by atoms with van der Waals surface area (Å²) >= 11 is 6.04. The Morgan fingerprint density at radius 1 is 1.17 bits per heavy atom. The molecule has 0 aromatic heterocycles. The number of carbonyl (C=O) groups is 2. The van der Waals surface area contributed by atoms with Crippen LogP contribution in [-0.4, -0.2) is 26.0 Å². The number of benzene rings is 2. The molecule has 5 nitrogen and oxygen atoms in total. The van der Waals surface area contributed by atoms with E-state index in [1.54, 1.807) is 30.1 Å². The molecule has 1 N–H and O–H groups in total. The highest BCUT2D eigenvalue weighted by atomic mass is 35.5. The van der Waals surface area contributed by atoms with Gasteiger partial charge in [-0.15, -0.1) is 0 Å². The van der Waals surface area contributed by atoms with Crippen LogP contribution in [0.4, 0.5) is 11.4 Å². The SMILES string of the molecule is COc1ccc(NC(=O)Cc2ccc(N(C)C(C)=O)cc2)cc1Cl. The minimum atomic E-state index is -0.149. The molecule has 0 aliphatic rings. The zero-order chi connectivity index (χ0) is 17.7. The lowest BCUT2D eigenvalue weighted by atomic mass is 10.1. The molecule has 0 saturated heterocycles. The Morgan fingerprint density at radius 2 is 1.83 bits per heavy atom. The van der Waals surface area contributed by atoms with Crippen LogP contribution in [0.3, 0.4) is 0 Å². The third kappa shape index (κ3) is 4.49. The Balaban J connectivity index is 1.99. The average molecular weight is 347 g/mol. The van der Waals surface area contributed by atoms with Gasteiger partial charge in [0, 0.05) is 25.3 Å². The third-order valence-electron chi connectivity index (χ3n) is 3.60. The predicted octanol–water partition coefficient (Wildman–Crippen LogP) is 3.51. The van der Waals surface area contributed by atoms with Crippen LogP contribution in [0.15, 0.2) is 42.5 Å². The first-order valence-corrected chi connectivity index (χ1v) is 7.75. The number of halogens is 1. The molecule has 0 spiro atoms. The Kier molecular flexibility index (Phi) is 5.82. The van der Waals surface area contributed by atoms with Crippen LogP contribution in [0.1, 0.15) is 12.5 Å². The molecule has 0 aliphatic carbocycles. The smallest absolute Gasteiger partial charge is 0.228 e. The highest BCUT2D eigenvalue weighted by molar-refractivity contribution is 6.32. The lowest BCUT2D eigenvalue weighted by Gasteiger charge is -2.15. The number of ether oxygens (including phenoxy) is 1. The van der Waals surface area contributed by atoms with Gasteiger partial charge in [0.1, 0.15) is 5.75 Å². The minimum absolute atomic E-state index is 0.0446. The van der Waals surface area contributed by atoms with Crippen LogP contribution in [0, 0.1) is 0 Å². The number of nitrogens with one attached hydrogen (secondary N) is 1. The van der Waals surface area contributed by atoms with Crippen molar-refractivity contribution in [3.05, 3.63) is 53.1 Å². The van der Waals surface area contributed by atoms with Crippen LogP contribution < -0.4 is 15.0 Å². The third-order valence-corrected chi connectivity index (χ3v) is 3.89. The van der Waals surface area contributed by atoms with Crippen LogP contribution >= 0.6 is 11.6 Å². The van der Waals surface area contributed by atoms with Gasteiger partial charge in [-0.25, -0.2) is 0 Å². The van der Waals surface area contributed by atoms with Gasteiger partial charge in [0.15, 0.2) is 0 Å². The van der Waals surface area contributed by atoms with Crippen molar-refractivity contribution in [2.24, 2.45) is 0 Å².